The van der Waals surface area contributed by atoms with Gasteiger partial charge in [0, 0.05) is 32.7 Å². The van der Waals surface area contributed by atoms with Gasteiger partial charge in [0.15, 0.2) is 0 Å². The van der Waals surface area contributed by atoms with E-state index in [4.69, 9.17) is 0 Å². The second-order valence-corrected chi connectivity index (χ2v) is 17.1. The summed E-state index contributed by atoms with van der Waals surface area (Å²) in [5, 5.41) is 22.5. The highest BCUT2D eigenvalue weighted by molar-refractivity contribution is 6.13. The number of fused-ring (bicyclic) bond motifs is 6. The van der Waals surface area contributed by atoms with Crippen molar-refractivity contribution in [2.45, 2.75) is 30.9 Å². The van der Waals surface area contributed by atoms with E-state index in [0.717, 1.165) is 12.1 Å². The highest BCUT2D eigenvalue weighted by atomic mass is 19.4. The van der Waals surface area contributed by atoms with Crippen LogP contribution in [0.15, 0.2) is 152 Å². The number of hydrogen-bond acceptors (Lipinski definition) is 2. The van der Waals surface area contributed by atoms with E-state index in [1.165, 1.54) is 48.5 Å². The van der Waals surface area contributed by atoms with Gasteiger partial charge in [0.2, 0.25) is 0 Å². The first-order valence-corrected chi connectivity index (χ1v) is 21.6. The van der Waals surface area contributed by atoms with Crippen LogP contribution < -0.4 is 0 Å². The first-order chi connectivity index (χ1) is 34.8. The van der Waals surface area contributed by atoms with Gasteiger partial charge in [-0.15, -0.1) is 0 Å². The summed E-state index contributed by atoms with van der Waals surface area (Å²) in [6.07, 6.45) is -25.6. The molecule has 0 unspecified atom stereocenters. The topological polar surface area (TPSA) is 57.4 Å². The van der Waals surface area contributed by atoms with Crippen molar-refractivity contribution in [2.24, 2.45) is 0 Å². The van der Waals surface area contributed by atoms with Gasteiger partial charge in [-0.05, 0) is 107 Å². The standard InChI is InChI=1S/C55H25F15N4/c56-51(57,58)32-13-16-37(31(21-32)27-72)50-48(73-44-7-3-1-5-38(44)40-22-29(9-17-46(40)73)35-14-11-33(52(59,60)61)24-42(35)54(65,66)67)19-28(26-71)20-49(50)74-45-8-4-2-6-39(45)41-23-30(10-18-47(41)74)36-15-12-34(53(62,63)64)25-43(36)55(68,69)70/h1-25H. The minimum absolute atomic E-state index is 0.00284. The minimum atomic E-state index is -5.24. The molecule has 0 amide bonds. The first-order valence-electron chi connectivity index (χ1n) is 21.6. The quantitative estimate of drug-likeness (QED) is 0.161. The van der Waals surface area contributed by atoms with Crippen molar-refractivity contribution in [1.82, 2.24) is 9.13 Å². The van der Waals surface area contributed by atoms with E-state index in [9.17, 15) is 76.4 Å². The number of para-hydroxylation sites is 2. The summed E-state index contributed by atoms with van der Waals surface area (Å²) in [6.45, 7) is 0. The fourth-order valence-electron chi connectivity index (χ4n) is 9.55. The second-order valence-electron chi connectivity index (χ2n) is 17.1. The number of hydrogen-bond donors (Lipinski definition) is 0. The van der Waals surface area contributed by atoms with Crippen molar-refractivity contribution in [3.05, 3.63) is 191 Å². The van der Waals surface area contributed by atoms with Gasteiger partial charge in [-0.2, -0.15) is 76.4 Å². The molecular weight excluding hydrogens is 1000 g/mol. The number of nitrogens with zero attached hydrogens (tertiary/aromatic N) is 4. The molecule has 19 heteroatoms. The molecule has 0 bridgehead atoms. The van der Waals surface area contributed by atoms with Crippen LogP contribution >= 0.6 is 0 Å². The maximum Gasteiger partial charge on any atom is 0.417 e. The van der Waals surface area contributed by atoms with E-state index in [-0.39, 0.29) is 73.1 Å². The van der Waals surface area contributed by atoms with Gasteiger partial charge in [0.25, 0.3) is 0 Å². The molecule has 2 heterocycles. The zero-order valence-corrected chi connectivity index (χ0v) is 36.9. The molecule has 370 valence electrons. The van der Waals surface area contributed by atoms with Gasteiger partial charge in [0.1, 0.15) is 0 Å². The van der Waals surface area contributed by atoms with Gasteiger partial charge in [-0.1, -0.05) is 66.7 Å². The Kier molecular flexibility index (Phi) is 11.2. The average molecular weight is 1030 g/mol. The van der Waals surface area contributed by atoms with E-state index in [2.05, 4.69) is 6.07 Å². The molecule has 4 nitrogen and oxygen atoms in total. The molecule has 0 aliphatic heterocycles. The first kappa shape index (κ1) is 48.9. The molecule has 0 radical (unpaired) electrons. The summed E-state index contributed by atoms with van der Waals surface area (Å²) in [5.74, 6) is 0. The number of benzene rings is 8. The van der Waals surface area contributed by atoms with E-state index >= 15 is 0 Å². The van der Waals surface area contributed by atoms with Gasteiger partial charge in [0.05, 0.1) is 84.5 Å². The van der Waals surface area contributed by atoms with Gasteiger partial charge in [-0.25, -0.2) is 0 Å². The predicted molar refractivity (Wildman–Crippen MR) is 246 cm³/mol. The Morgan fingerprint density at radius 2 is 0.716 bits per heavy atom. The maximum absolute atomic E-state index is 14.5. The van der Waals surface area contributed by atoms with Crippen molar-refractivity contribution in [3.63, 3.8) is 0 Å². The summed E-state index contributed by atoms with van der Waals surface area (Å²) < 4.78 is 215. The van der Waals surface area contributed by atoms with E-state index in [1.54, 1.807) is 57.7 Å². The van der Waals surface area contributed by atoms with Crippen molar-refractivity contribution < 1.29 is 65.9 Å². The fourth-order valence-corrected chi connectivity index (χ4v) is 9.55. The zero-order valence-electron chi connectivity index (χ0n) is 36.9. The lowest BCUT2D eigenvalue weighted by atomic mass is 9.93. The number of rotatable bonds is 5. The molecule has 10 rings (SSSR count). The van der Waals surface area contributed by atoms with Gasteiger partial charge in [-0.3, -0.25) is 0 Å². The normalized spacial score (nSPS) is 12.8. The molecule has 0 aliphatic rings. The molecule has 0 fully saturated rings. The SMILES string of the molecule is N#Cc1cc(-n2c3ccccc3c3cc(-c4ccc(C(F)(F)F)cc4C(F)(F)F)ccc32)c(-c2ccc(C(F)(F)F)cc2C#N)c(-n2c3ccccc3c3cc(-c4ccc(C(F)(F)F)cc4C(F)(F)F)ccc32)c1. The highest BCUT2D eigenvalue weighted by Gasteiger charge is 2.40. The van der Waals surface area contributed by atoms with Gasteiger partial charge >= 0.3 is 30.9 Å². The lowest BCUT2D eigenvalue weighted by Crippen LogP contribution is -2.12. The van der Waals surface area contributed by atoms with Crippen LogP contribution in [0.1, 0.15) is 38.9 Å². The van der Waals surface area contributed by atoms with Gasteiger partial charge < -0.3 is 9.13 Å². The third kappa shape index (κ3) is 8.27. The number of aromatic nitrogens is 2. The second kappa shape index (κ2) is 16.9. The predicted octanol–water partition coefficient (Wildman–Crippen LogP) is 17.7. The molecule has 8 aromatic carbocycles. The monoisotopic (exact) mass is 1030 g/mol. The lowest BCUT2D eigenvalue weighted by molar-refractivity contribution is -0.144. The Bertz CT molecular complexity index is 3820. The molecule has 0 saturated heterocycles. The van der Waals surface area contributed by atoms with E-state index in [1.807, 2.05) is 6.07 Å². The van der Waals surface area contributed by atoms with E-state index in [0.29, 0.717) is 52.1 Å². The number of alkyl halides is 15. The van der Waals surface area contributed by atoms with Crippen LogP contribution in [-0.4, -0.2) is 9.13 Å². The van der Waals surface area contributed by atoms with Crippen molar-refractivity contribution >= 4 is 43.6 Å². The Morgan fingerprint density at radius 3 is 1.09 bits per heavy atom. The molecule has 0 spiro atoms. The van der Waals surface area contributed by atoms with Crippen LogP contribution in [0.4, 0.5) is 65.9 Å². The molecule has 2 aromatic heterocycles. The fraction of sp³-hybridized carbons (Fsp3) is 0.0909. The van der Waals surface area contributed by atoms with Crippen molar-refractivity contribution in [2.75, 3.05) is 0 Å². The maximum atomic E-state index is 14.5. The van der Waals surface area contributed by atoms with Crippen LogP contribution in [-0.2, 0) is 30.9 Å². The summed E-state index contributed by atoms with van der Waals surface area (Å²) >= 11 is 0. The van der Waals surface area contributed by atoms with Crippen molar-refractivity contribution in [3.8, 4) is 56.9 Å². The Balaban J connectivity index is 1.30. The van der Waals surface area contributed by atoms with Crippen LogP contribution in [0.5, 0.6) is 0 Å². The third-order valence-corrected chi connectivity index (χ3v) is 12.7. The highest BCUT2D eigenvalue weighted by Crippen LogP contribution is 2.48. The average Bonchev–Trinajstić information content (AvgIpc) is 3.86. The molecule has 0 N–H and O–H groups in total. The molecule has 0 aliphatic carbocycles. The Hall–Kier alpha value is -8.71. The largest absolute Gasteiger partial charge is 0.417 e. The molecule has 10 aromatic rings. The summed E-state index contributed by atoms with van der Waals surface area (Å²) in [5.41, 5.74) is -8.54. The molecule has 0 saturated carbocycles. The minimum Gasteiger partial charge on any atom is -0.308 e. The third-order valence-electron chi connectivity index (χ3n) is 12.7. The number of halogens is 15. The molecule has 0 atom stereocenters. The van der Waals surface area contributed by atoms with Crippen LogP contribution in [0.3, 0.4) is 0 Å². The van der Waals surface area contributed by atoms with Crippen LogP contribution in [0.25, 0.3) is 88.4 Å². The lowest BCUT2D eigenvalue weighted by Gasteiger charge is -2.22. The molecular formula is C55H25F15N4. The van der Waals surface area contributed by atoms with Crippen LogP contribution in [0.2, 0.25) is 0 Å². The van der Waals surface area contributed by atoms with Crippen LogP contribution in [0, 0.1) is 22.7 Å². The molecule has 74 heavy (non-hydrogen) atoms. The van der Waals surface area contributed by atoms with Crippen molar-refractivity contribution in [1.29, 1.82) is 10.5 Å². The number of nitriles is 2. The summed E-state index contributed by atoms with van der Waals surface area (Å²) in [4.78, 5) is 0. The Labute approximate surface area is 406 Å². The Morgan fingerprint density at radius 1 is 0.338 bits per heavy atom. The zero-order chi connectivity index (χ0) is 53.0. The summed E-state index contributed by atoms with van der Waals surface area (Å²) in [6, 6.07) is 32.1. The smallest absolute Gasteiger partial charge is 0.308 e. The summed E-state index contributed by atoms with van der Waals surface area (Å²) in [7, 11) is 0. The van der Waals surface area contributed by atoms with E-state index < -0.39 is 75.4 Å².